The van der Waals surface area contributed by atoms with Gasteiger partial charge in [0.1, 0.15) is 0 Å². The SMILES string of the molecule is CC(CC(=O)Nc1ccc(S(=O)(=O)N2CCN(C)CC2)cc1)c1ccccc1. The Bertz CT molecular complexity index is 890. The van der Waals surface area contributed by atoms with Gasteiger partial charge in [-0.15, -0.1) is 0 Å². The largest absolute Gasteiger partial charge is 0.326 e. The Hall–Kier alpha value is -2.22. The van der Waals surface area contributed by atoms with Crippen molar-refractivity contribution in [1.29, 1.82) is 0 Å². The number of nitrogens with one attached hydrogen (secondary N) is 1. The first-order valence-corrected chi connectivity index (χ1v) is 10.9. The number of benzene rings is 2. The van der Waals surface area contributed by atoms with E-state index < -0.39 is 10.0 Å². The molecule has 0 spiro atoms. The van der Waals surface area contributed by atoms with Gasteiger partial charge in [0.05, 0.1) is 4.90 Å². The molecule has 0 saturated carbocycles. The summed E-state index contributed by atoms with van der Waals surface area (Å²) in [6.07, 6.45) is 0.366. The molecule has 2 aromatic carbocycles. The molecule has 150 valence electrons. The predicted molar refractivity (Wildman–Crippen MR) is 111 cm³/mol. The molecule has 1 heterocycles. The lowest BCUT2D eigenvalue weighted by Crippen LogP contribution is -2.46. The van der Waals surface area contributed by atoms with Gasteiger partial charge in [-0.2, -0.15) is 4.31 Å². The van der Waals surface area contributed by atoms with Crippen LogP contribution in [0.25, 0.3) is 0 Å². The van der Waals surface area contributed by atoms with Crippen LogP contribution in [0.5, 0.6) is 0 Å². The van der Waals surface area contributed by atoms with E-state index in [0.717, 1.165) is 18.7 Å². The molecule has 1 aliphatic rings. The van der Waals surface area contributed by atoms with Gasteiger partial charge in [0.15, 0.2) is 0 Å². The van der Waals surface area contributed by atoms with Gasteiger partial charge in [0.2, 0.25) is 15.9 Å². The van der Waals surface area contributed by atoms with Crippen molar-refractivity contribution < 1.29 is 13.2 Å². The van der Waals surface area contributed by atoms with Crippen molar-refractivity contribution in [3.05, 3.63) is 60.2 Å². The Kier molecular flexibility index (Phi) is 6.49. The molecule has 7 heteroatoms. The summed E-state index contributed by atoms with van der Waals surface area (Å²) in [6, 6.07) is 16.3. The van der Waals surface area contributed by atoms with Crippen LogP contribution in [0.1, 0.15) is 24.8 Å². The zero-order valence-corrected chi connectivity index (χ0v) is 17.2. The summed E-state index contributed by atoms with van der Waals surface area (Å²) >= 11 is 0. The summed E-state index contributed by atoms with van der Waals surface area (Å²) < 4.78 is 27.0. The number of sulfonamides is 1. The molecule has 1 fully saturated rings. The van der Waals surface area contributed by atoms with Crippen molar-refractivity contribution in [2.45, 2.75) is 24.2 Å². The van der Waals surface area contributed by atoms with Crippen molar-refractivity contribution in [3.8, 4) is 0 Å². The number of amides is 1. The summed E-state index contributed by atoms with van der Waals surface area (Å²) in [5.74, 6) is 0.0177. The number of carbonyl (C=O) groups is 1. The maximum atomic E-state index is 12.7. The average Bonchev–Trinajstić information content (AvgIpc) is 2.69. The minimum Gasteiger partial charge on any atom is -0.326 e. The smallest absolute Gasteiger partial charge is 0.243 e. The van der Waals surface area contributed by atoms with E-state index in [9.17, 15) is 13.2 Å². The Labute approximate surface area is 167 Å². The lowest BCUT2D eigenvalue weighted by atomic mass is 9.97. The number of carbonyl (C=O) groups excluding carboxylic acids is 1. The molecule has 1 saturated heterocycles. The maximum absolute atomic E-state index is 12.7. The van der Waals surface area contributed by atoms with Gasteiger partial charge >= 0.3 is 0 Å². The van der Waals surface area contributed by atoms with E-state index in [1.54, 1.807) is 24.3 Å². The number of piperazine rings is 1. The molecule has 1 amide bonds. The normalized spacial score (nSPS) is 17.2. The number of likely N-dealkylation sites (N-methyl/N-ethyl adjacent to an activating group) is 1. The van der Waals surface area contributed by atoms with Gasteiger partial charge in [-0.1, -0.05) is 37.3 Å². The second-order valence-corrected chi connectivity index (χ2v) is 9.23. The molecule has 2 aromatic rings. The summed E-state index contributed by atoms with van der Waals surface area (Å²) in [5, 5.41) is 2.85. The lowest BCUT2D eigenvalue weighted by molar-refractivity contribution is -0.116. The molecule has 1 atom stereocenters. The number of nitrogens with zero attached hydrogens (tertiary/aromatic N) is 2. The molecule has 0 bridgehead atoms. The first-order valence-electron chi connectivity index (χ1n) is 9.50. The van der Waals surface area contributed by atoms with Gasteiger partial charge in [-0.3, -0.25) is 4.79 Å². The minimum atomic E-state index is -3.49. The van der Waals surface area contributed by atoms with Crippen LogP contribution >= 0.6 is 0 Å². The van der Waals surface area contributed by atoms with Crippen LogP contribution in [0.15, 0.2) is 59.5 Å². The van der Waals surface area contributed by atoms with Crippen LogP contribution in [0.2, 0.25) is 0 Å². The molecule has 0 aliphatic carbocycles. The van der Waals surface area contributed by atoms with E-state index in [1.807, 2.05) is 44.3 Å². The second kappa shape index (κ2) is 8.86. The van der Waals surface area contributed by atoms with E-state index in [-0.39, 0.29) is 16.7 Å². The number of rotatable bonds is 6. The summed E-state index contributed by atoms with van der Waals surface area (Å²) in [7, 11) is -1.51. The average molecular weight is 402 g/mol. The van der Waals surface area contributed by atoms with E-state index in [2.05, 4.69) is 10.2 Å². The van der Waals surface area contributed by atoms with Crippen molar-refractivity contribution in [2.24, 2.45) is 0 Å². The highest BCUT2D eigenvalue weighted by Crippen LogP contribution is 2.22. The van der Waals surface area contributed by atoms with Crippen LogP contribution in [-0.2, 0) is 14.8 Å². The minimum absolute atomic E-state index is 0.0916. The number of anilines is 1. The fourth-order valence-electron chi connectivity index (χ4n) is 3.28. The van der Waals surface area contributed by atoms with Gasteiger partial charge in [-0.25, -0.2) is 8.42 Å². The number of hydrogen-bond donors (Lipinski definition) is 1. The first kappa shape index (κ1) is 20.5. The quantitative estimate of drug-likeness (QED) is 0.808. The Morgan fingerprint density at radius 2 is 1.61 bits per heavy atom. The van der Waals surface area contributed by atoms with E-state index in [4.69, 9.17) is 0 Å². The highest BCUT2D eigenvalue weighted by atomic mass is 32.2. The summed E-state index contributed by atoms with van der Waals surface area (Å²) in [4.78, 5) is 14.7. The standard InChI is InChI=1S/C21H27N3O3S/c1-17(18-6-4-3-5-7-18)16-21(25)22-19-8-10-20(11-9-19)28(26,27)24-14-12-23(2)13-15-24/h3-11,17H,12-16H2,1-2H3,(H,22,25). The first-order chi connectivity index (χ1) is 13.4. The molecule has 1 unspecified atom stereocenters. The van der Waals surface area contributed by atoms with Crippen LogP contribution in [-0.4, -0.2) is 56.8 Å². The fraction of sp³-hybridized carbons (Fsp3) is 0.381. The van der Waals surface area contributed by atoms with Gasteiger partial charge in [0.25, 0.3) is 0 Å². The van der Waals surface area contributed by atoms with Crippen molar-refractivity contribution in [1.82, 2.24) is 9.21 Å². The zero-order chi connectivity index (χ0) is 20.1. The molecule has 28 heavy (non-hydrogen) atoms. The van der Waals surface area contributed by atoms with E-state index in [1.165, 1.54) is 4.31 Å². The third-order valence-electron chi connectivity index (χ3n) is 5.10. The van der Waals surface area contributed by atoms with Gasteiger partial charge in [-0.05, 0) is 42.8 Å². The molecule has 0 aromatic heterocycles. The monoisotopic (exact) mass is 401 g/mol. The lowest BCUT2D eigenvalue weighted by Gasteiger charge is -2.31. The van der Waals surface area contributed by atoms with Gasteiger partial charge in [0, 0.05) is 38.3 Å². The van der Waals surface area contributed by atoms with Crippen molar-refractivity contribution in [3.63, 3.8) is 0 Å². The summed E-state index contributed by atoms with van der Waals surface area (Å²) in [6.45, 7) is 4.46. The van der Waals surface area contributed by atoms with E-state index in [0.29, 0.717) is 25.2 Å². The van der Waals surface area contributed by atoms with Crippen LogP contribution in [0.4, 0.5) is 5.69 Å². The van der Waals surface area contributed by atoms with Gasteiger partial charge < -0.3 is 10.2 Å². The van der Waals surface area contributed by atoms with Crippen LogP contribution in [0.3, 0.4) is 0 Å². The van der Waals surface area contributed by atoms with Crippen LogP contribution in [0, 0.1) is 0 Å². The topological polar surface area (TPSA) is 69.7 Å². The molecule has 1 aliphatic heterocycles. The highest BCUT2D eigenvalue weighted by Gasteiger charge is 2.27. The summed E-state index contributed by atoms with van der Waals surface area (Å²) in [5.41, 5.74) is 1.72. The van der Waals surface area contributed by atoms with E-state index >= 15 is 0 Å². The molecule has 3 rings (SSSR count). The molecule has 1 N–H and O–H groups in total. The molecular formula is C21H27N3O3S. The fourth-order valence-corrected chi connectivity index (χ4v) is 4.70. The highest BCUT2D eigenvalue weighted by molar-refractivity contribution is 7.89. The third kappa shape index (κ3) is 4.98. The Morgan fingerprint density at radius 3 is 2.21 bits per heavy atom. The predicted octanol–water partition coefficient (Wildman–Crippen LogP) is 2.76. The zero-order valence-electron chi connectivity index (χ0n) is 16.3. The Balaban J connectivity index is 1.60. The van der Waals surface area contributed by atoms with Crippen molar-refractivity contribution >= 4 is 21.6 Å². The Morgan fingerprint density at radius 1 is 1.00 bits per heavy atom. The second-order valence-electron chi connectivity index (χ2n) is 7.30. The molecule has 6 nitrogen and oxygen atoms in total. The van der Waals surface area contributed by atoms with Crippen LogP contribution < -0.4 is 5.32 Å². The molecule has 0 radical (unpaired) electrons. The number of hydrogen-bond acceptors (Lipinski definition) is 4. The molecular weight excluding hydrogens is 374 g/mol. The van der Waals surface area contributed by atoms with Crippen molar-refractivity contribution in [2.75, 3.05) is 38.5 Å². The maximum Gasteiger partial charge on any atom is 0.243 e. The third-order valence-corrected chi connectivity index (χ3v) is 7.01.